The van der Waals surface area contributed by atoms with Gasteiger partial charge in [0.1, 0.15) is 17.4 Å². The molecule has 0 saturated heterocycles. The minimum atomic E-state index is -0.586. The first-order valence-electron chi connectivity index (χ1n) is 10.9. The van der Waals surface area contributed by atoms with Crippen LogP contribution < -0.4 is 11.1 Å². The number of ether oxygens (including phenoxy) is 1. The van der Waals surface area contributed by atoms with E-state index in [1.54, 1.807) is 6.08 Å². The molecule has 3 heterocycles. The molecule has 176 valence electrons. The first kappa shape index (κ1) is 23.9. The van der Waals surface area contributed by atoms with Gasteiger partial charge in [0, 0.05) is 38.7 Å². The average molecular weight is 570 g/mol. The third-order valence-electron chi connectivity index (χ3n) is 5.27. The zero-order chi connectivity index (χ0) is 24.5. The smallest absolute Gasteiger partial charge is 0.407 e. The number of aromatic nitrogens is 4. The summed E-state index contributed by atoms with van der Waals surface area (Å²) in [5.41, 5.74) is 10.1. The van der Waals surface area contributed by atoms with E-state index in [0.717, 1.165) is 31.3 Å². The van der Waals surface area contributed by atoms with Crippen LogP contribution in [0.3, 0.4) is 0 Å². The second-order valence-electron chi connectivity index (χ2n) is 9.03. The van der Waals surface area contributed by atoms with Gasteiger partial charge in [-0.1, -0.05) is 24.3 Å². The topological polar surface area (TPSA) is 107 Å². The number of pyridine rings is 1. The van der Waals surface area contributed by atoms with Crippen molar-refractivity contribution in [2.24, 2.45) is 0 Å². The maximum Gasteiger partial charge on any atom is 0.407 e. The van der Waals surface area contributed by atoms with Gasteiger partial charge >= 0.3 is 6.09 Å². The summed E-state index contributed by atoms with van der Waals surface area (Å²) in [6, 6.07) is 9.82. The Morgan fingerprint density at radius 3 is 2.82 bits per heavy atom. The van der Waals surface area contributed by atoms with Crippen LogP contribution in [0, 0.1) is 3.57 Å². The van der Waals surface area contributed by atoms with Gasteiger partial charge in [-0.15, -0.1) is 6.58 Å². The van der Waals surface area contributed by atoms with Crippen LogP contribution in [0.15, 0.2) is 55.5 Å². The largest absolute Gasteiger partial charge is 0.444 e. The van der Waals surface area contributed by atoms with Crippen molar-refractivity contribution in [1.29, 1.82) is 0 Å². The third-order valence-corrected chi connectivity index (χ3v) is 6.44. The number of para-hydroxylation sites is 1. The molecule has 3 N–H and O–H groups in total. The van der Waals surface area contributed by atoms with Gasteiger partial charge in [-0.25, -0.2) is 14.3 Å². The molecule has 0 unspecified atom stereocenters. The molecular formula is C25H27IN6O2. The summed E-state index contributed by atoms with van der Waals surface area (Å²) in [5, 5.41) is 8.49. The highest BCUT2D eigenvalue weighted by atomic mass is 127. The lowest BCUT2D eigenvalue weighted by Crippen LogP contribution is -2.40. The lowest BCUT2D eigenvalue weighted by Gasteiger charge is -2.23. The number of nitrogens with zero attached hydrogens (tertiary/aromatic N) is 4. The molecule has 0 fully saturated rings. The number of carbonyl (C=O) groups is 1. The number of amides is 1. The second kappa shape index (κ2) is 9.57. The summed E-state index contributed by atoms with van der Waals surface area (Å²) in [6.45, 7) is 9.36. The summed E-state index contributed by atoms with van der Waals surface area (Å²) in [5.74, 6) is 0.377. The van der Waals surface area contributed by atoms with E-state index >= 15 is 0 Å². The van der Waals surface area contributed by atoms with Crippen LogP contribution in [0.2, 0.25) is 0 Å². The highest BCUT2D eigenvalue weighted by molar-refractivity contribution is 14.1. The van der Waals surface area contributed by atoms with Gasteiger partial charge in [-0.3, -0.25) is 4.98 Å². The van der Waals surface area contributed by atoms with E-state index in [-0.39, 0.29) is 6.04 Å². The molecular weight excluding hydrogens is 543 g/mol. The maximum atomic E-state index is 12.5. The Labute approximate surface area is 211 Å². The number of hydrogen-bond donors (Lipinski definition) is 2. The number of nitrogen functional groups attached to an aromatic ring is 1. The first-order chi connectivity index (χ1) is 16.2. The summed E-state index contributed by atoms with van der Waals surface area (Å²) in [7, 11) is 0. The third kappa shape index (κ3) is 4.98. The number of carbonyl (C=O) groups excluding carboxylic acids is 1. The first-order valence-corrected chi connectivity index (χ1v) is 12.0. The Hall–Kier alpha value is -3.21. The summed E-state index contributed by atoms with van der Waals surface area (Å²) >= 11 is 2.31. The molecule has 4 rings (SSSR count). The van der Waals surface area contributed by atoms with Gasteiger partial charge in [0.05, 0.1) is 11.2 Å². The number of hydrogen-bond acceptors (Lipinski definition) is 6. The molecule has 1 aromatic carbocycles. The molecule has 0 spiro atoms. The number of anilines is 1. The van der Waals surface area contributed by atoms with Gasteiger partial charge in [-0.2, -0.15) is 5.10 Å². The molecule has 1 amide bonds. The van der Waals surface area contributed by atoms with Crippen molar-refractivity contribution in [2.45, 2.75) is 45.3 Å². The maximum absolute atomic E-state index is 12.5. The number of rotatable bonds is 6. The minimum absolute atomic E-state index is 0.238. The summed E-state index contributed by atoms with van der Waals surface area (Å²) in [4.78, 5) is 21.3. The van der Waals surface area contributed by atoms with E-state index in [9.17, 15) is 4.79 Å². The van der Waals surface area contributed by atoms with Crippen molar-refractivity contribution in [1.82, 2.24) is 24.9 Å². The predicted molar refractivity (Wildman–Crippen MR) is 143 cm³/mol. The van der Waals surface area contributed by atoms with E-state index in [1.165, 1.54) is 6.33 Å². The van der Waals surface area contributed by atoms with Crippen molar-refractivity contribution >= 4 is 50.9 Å². The Balaban J connectivity index is 1.79. The second-order valence-corrected chi connectivity index (χ2v) is 10.1. The molecule has 4 aromatic rings. The molecule has 0 aliphatic carbocycles. The standard InChI is InChI=1S/C25H27IN6O2/c1-5-8-17(31-24(33)34-25(2,3)4)12-19-21(26)20(22-23(27)29-14-30-32(19)22)16-11-15-9-6-7-10-18(15)28-13-16/h5-7,9-11,13-14,17H,1,8,12H2,2-4H3,(H,31,33)(H2,27,29,30)/t17-/m0/s1. The van der Waals surface area contributed by atoms with Crippen LogP contribution in [0.4, 0.5) is 10.6 Å². The Bertz CT molecular complexity index is 1380. The van der Waals surface area contributed by atoms with E-state index < -0.39 is 11.7 Å². The van der Waals surface area contributed by atoms with Crippen LogP contribution in [-0.2, 0) is 11.2 Å². The summed E-state index contributed by atoms with van der Waals surface area (Å²) < 4.78 is 8.24. The van der Waals surface area contributed by atoms with Crippen LogP contribution in [0.25, 0.3) is 27.5 Å². The monoisotopic (exact) mass is 570 g/mol. The van der Waals surface area contributed by atoms with Crippen LogP contribution >= 0.6 is 22.6 Å². The van der Waals surface area contributed by atoms with E-state index in [4.69, 9.17) is 10.5 Å². The highest BCUT2D eigenvalue weighted by Crippen LogP contribution is 2.37. The molecule has 0 saturated carbocycles. The normalized spacial score (nSPS) is 12.6. The number of nitrogens with one attached hydrogen (secondary N) is 1. The Morgan fingerprint density at radius 2 is 2.09 bits per heavy atom. The van der Waals surface area contributed by atoms with Crippen molar-refractivity contribution in [3.8, 4) is 11.1 Å². The molecule has 0 aliphatic heterocycles. The van der Waals surface area contributed by atoms with Crippen LogP contribution in [-0.4, -0.2) is 37.3 Å². The van der Waals surface area contributed by atoms with Crippen LogP contribution in [0.5, 0.6) is 0 Å². The fraction of sp³-hybridized carbons (Fsp3) is 0.280. The fourth-order valence-electron chi connectivity index (χ4n) is 3.90. The van der Waals surface area contributed by atoms with Gasteiger partial charge in [0.25, 0.3) is 0 Å². The quantitative estimate of drug-likeness (QED) is 0.246. The van der Waals surface area contributed by atoms with E-state index in [2.05, 4.69) is 55.6 Å². The average Bonchev–Trinajstić information content (AvgIpc) is 3.05. The molecule has 3 aromatic heterocycles. The van der Waals surface area contributed by atoms with Crippen molar-refractivity contribution in [2.75, 3.05) is 5.73 Å². The fourth-order valence-corrected chi connectivity index (χ4v) is 4.91. The molecule has 0 aliphatic rings. The van der Waals surface area contributed by atoms with Crippen molar-refractivity contribution in [3.05, 3.63) is 64.8 Å². The molecule has 0 radical (unpaired) electrons. The van der Waals surface area contributed by atoms with Gasteiger partial charge in [-0.05, 0) is 61.9 Å². The lowest BCUT2D eigenvalue weighted by molar-refractivity contribution is 0.0504. The number of halogens is 1. The number of alkyl carbamates (subject to hydrolysis) is 1. The van der Waals surface area contributed by atoms with Crippen molar-refractivity contribution < 1.29 is 9.53 Å². The molecule has 0 bridgehead atoms. The lowest BCUT2D eigenvalue weighted by atomic mass is 10.0. The van der Waals surface area contributed by atoms with E-state index in [0.29, 0.717) is 24.2 Å². The molecule has 8 nitrogen and oxygen atoms in total. The molecule has 9 heteroatoms. The predicted octanol–water partition coefficient (Wildman–Crippen LogP) is 5.14. The zero-order valence-corrected chi connectivity index (χ0v) is 21.5. The number of fused-ring (bicyclic) bond motifs is 2. The zero-order valence-electron chi connectivity index (χ0n) is 19.4. The Kier molecular flexibility index (Phi) is 6.74. The van der Waals surface area contributed by atoms with Crippen molar-refractivity contribution in [3.63, 3.8) is 0 Å². The molecule has 1 atom stereocenters. The number of benzene rings is 1. The Morgan fingerprint density at radius 1 is 1.32 bits per heavy atom. The minimum Gasteiger partial charge on any atom is -0.444 e. The van der Waals surface area contributed by atoms with Gasteiger partial charge < -0.3 is 15.8 Å². The van der Waals surface area contributed by atoms with Gasteiger partial charge in [0.15, 0.2) is 5.82 Å². The molecule has 34 heavy (non-hydrogen) atoms. The highest BCUT2D eigenvalue weighted by Gasteiger charge is 2.25. The van der Waals surface area contributed by atoms with Crippen LogP contribution in [0.1, 0.15) is 32.9 Å². The summed E-state index contributed by atoms with van der Waals surface area (Å²) in [6.07, 6.45) is 5.66. The number of nitrogens with two attached hydrogens (primary N) is 1. The SMILES string of the molecule is C=CC[C@@H](Cc1c(I)c(-c2cnc3ccccc3c2)c2c(N)ncnn12)NC(=O)OC(C)(C)C. The van der Waals surface area contributed by atoms with Gasteiger partial charge in [0.2, 0.25) is 0 Å². The van der Waals surface area contributed by atoms with E-state index in [1.807, 2.05) is 55.7 Å².